The molecule has 0 aliphatic rings. The number of ether oxygens (including phenoxy) is 1. The lowest BCUT2D eigenvalue weighted by atomic mass is 10.2. The molecule has 0 amide bonds. The van der Waals surface area contributed by atoms with Crippen molar-refractivity contribution in [1.82, 2.24) is 25.4 Å². The lowest BCUT2D eigenvalue weighted by Crippen LogP contribution is -2.38. The van der Waals surface area contributed by atoms with Gasteiger partial charge in [0, 0.05) is 33.1 Å². The van der Waals surface area contributed by atoms with Crippen LogP contribution in [0, 0.1) is 0 Å². The summed E-state index contributed by atoms with van der Waals surface area (Å²) >= 11 is 0. The van der Waals surface area contributed by atoms with E-state index in [1.54, 1.807) is 13.4 Å². The van der Waals surface area contributed by atoms with E-state index in [1.807, 2.05) is 30.3 Å². The monoisotopic (exact) mass is 520 g/mol. The topological polar surface area (TPSA) is 76.4 Å². The van der Waals surface area contributed by atoms with Gasteiger partial charge in [-0.25, -0.2) is 0 Å². The van der Waals surface area contributed by atoms with Gasteiger partial charge in [0.15, 0.2) is 5.96 Å². The maximum atomic E-state index is 5.83. The quantitative estimate of drug-likeness (QED) is 0.257. The van der Waals surface area contributed by atoms with Gasteiger partial charge in [0.25, 0.3) is 0 Å². The molecule has 0 radical (unpaired) electrons. The highest BCUT2D eigenvalue weighted by Crippen LogP contribution is 2.14. The summed E-state index contributed by atoms with van der Waals surface area (Å²) in [6, 6.07) is 18.3. The Morgan fingerprint density at radius 1 is 1.03 bits per heavy atom. The second-order valence-corrected chi connectivity index (χ2v) is 6.56. The molecule has 3 aromatic rings. The van der Waals surface area contributed by atoms with Crippen LogP contribution >= 0.6 is 24.0 Å². The minimum absolute atomic E-state index is 0. The van der Waals surface area contributed by atoms with Crippen molar-refractivity contribution in [3.8, 4) is 5.75 Å². The van der Waals surface area contributed by atoms with E-state index in [9.17, 15) is 0 Å². The molecule has 0 aliphatic heterocycles. The van der Waals surface area contributed by atoms with Crippen molar-refractivity contribution in [3.05, 3.63) is 77.9 Å². The van der Waals surface area contributed by atoms with Crippen LogP contribution in [0.25, 0.3) is 0 Å². The molecule has 1 heterocycles. The Balaban J connectivity index is 0.00000320. The van der Waals surface area contributed by atoms with Gasteiger partial charge in [-0.2, -0.15) is 0 Å². The summed E-state index contributed by atoms with van der Waals surface area (Å²) in [4.78, 5) is 4.27. The number of aryl methyl sites for hydroxylation is 1. The van der Waals surface area contributed by atoms with Crippen LogP contribution < -0.4 is 15.4 Å². The first kappa shape index (κ1) is 23.7. The first-order chi connectivity index (χ1) is 14.3. The SMILES string of the molecule is CCc1nncn1CCNC(=NC)NCc1ccc(OCc2ccccc2)cc1.I. The number of aliphatic imine (C=N–C) groups is 1. The van der Waals surface area contributed by atoms with Gasteiger partial charge in [-0.1, -0.05) is 49.4 Å². The van der Waals surface area contributed by atoms with Gasteiger partial charge >= 0.3 is 0 Å². The number of benzene rings is 2. The van der Waals surface area contributed by atoms with Crippen LogP contribution in [0.15, 0.2) is 65.9 Å². The Morgan fingerprint density at radius 2 is 1.80 bits per heavy atom. The molecule has 3 rings (SSSR count). The summed E-state index contributed by atoms with van der Waals surface area (Å²) in [6.07, 6.45) is 2.64. The molecule has 2 aromatic carbocycles. The highest BCUT2D eigenvalue weighted by molar-refractivity contribution is 14.0. The zero-order chi connectivity index (χ0) is 20.3. The summed E-state index contributed by atoms with van der Waals surface area (Å²) in [5, 5.41) is 14.7. The number of hydrogen-bond donors (Lipinski definition) is 2. The molecule has 0 fully saturated rings. The molecule has 7 nitrogen and oxygen atoms in total. The van der Waals surface area contributed by atoms with Gasteiger partial charge in [0.2, 0.25) is 0 Å². The Hall–Kier alpha value is -2.62. The van der Waals surface area contributed by atoms with Gasteiger partial charge < -0.3 is 19.9 Å². The van der Waals surface area contributed by atoms with Crippen LogP contribution in [-0.4, -0.2) is 34.3 Å². The van der Waals surface area contributed by atoms with Crippen molar-refractivity contribution in [3.63, 3.8) is 0 Å². The molecule has 160 valence electrons. The van der Waals surface area contributed by atoms with Crippen LogP contribution in [0.2, 0.25) is 0 Å². The van der Waals surface area contributed by atoms with Crippen LogP contribution in [0.3, 0.4) is 0 Å². The Kier molecular flexibility index (Phi) is 10.1. The normalized spacial score (nSPS) is 10.9. The van der Waals surface area contributed by atoms with Gasteiger partial charge in [0.05, 0.1) is 0 Å². The fraction of sp³-hybridized carbons (Fsp3) is 0.318. The van der Waals surface area contributed by atoms with Crippen molar-refractivity contribution >= 4 is 29.9 Å². The zero-order valence-corrected chi connectivity index (χ0v) is 19.7. The van der Waals surface area contributed by atoms with E-state index in [1.165, 1.54) is 0 Å². The minimum atomic E-state index is 0. The average molecular weight is 520 g/mol. The molecule has 0 atom stereocenters. The van der Waals surface area contributed by atoms with E-state index in [0.29, 0.717) is 13.2 Å². The Bertz CT molecular complexity index is 896. The van der Waals surface area contributed by atoms with Gasteiger partial charge in [0.1, 0.15) is 24.5 Å². The summed E-state index contributed by atoms with van der Waals surface area (Å²) in [5.74, 6) is 2.62. The molecule has 0 spiro atoms. The van der Waals surface area contributed by atoms with E-state index >= 15 is 0 Å². The van der Waals surface area contributed by atoms with Gasteiger partial charge in [-0.05, 0) is 23.3 Å². The first-order valence-corrected chi connectivity index (χ1v) is 9.85. The summed E-state index contributed by atoms with van der Waals surface area (Å²) in [6.45, 7) is 4.88. The molecule has 2 N–H and O–H groups in total. The molecule has 0 bridgehead atoms. The van der Waals surface area contributed by atoms with E-state index < -0.39 is 0 Å². The summed E-state index contributed by atoms with van der Waals surface area (Å²) in [7, 11) is 1.77. The number of aromatic nitrogens is 3. The van der Waals surface area contributed by atoms with Crippen molar-refractivity contribution in [2.45, 2.75) is 33.0 Å². The van der Waals surface area contributed by atoms with E-state index in [-0.39, 0.29) is 24.0 Å². The molecular formula is C22H29IN6O. The van der Waals surface area contributed by atoms with E-state index in [4.69, 9.17) is 4.74 Å². The highest BCUT2D eigenvalue weighted by atomic mass is 127. The highest BCUT2D eigenvalue weighted by Gasteiger charge is 2.03. The predicted molar refractivity (Wildman–Crippen MR) is 130 cm³/mol. The van der Waals surface area contributed by atoms with Crippen molar-refractivity contribution in [1.29, 1.82) is 0 Å². The second-order valence-electron chi connectivity index (χ2n) is 6.56. The third kappa shape index (κ3) is 7.33. The third-order valence-electron chi connectivity index (χ3n) is 4.51. The number of nitrogens with zero attached hydrogens (tertiary/aromatic N) is 4. The summed E-state index contributed by atoms with van der Waals surface area (Å²) in [5.41, 5.74) is 2.32. The lowest BCUT2D eigenvalue weighted by Gasteiger charge is -2.13. The smallest absolute Gasteiger partial charge is 0.191 e. The number of nitrogens with one attached hydrogen (secondary N) is 2. The fourth-order valence-electron chi connectivity index (χ4n) is 2.89. The van der Waals surface area contributed by atoms with Crippen LogP contribution in [0.4, 0.5) is 0 Å². The number of guanidine groups is 1. The molecule has 1 aromatic heterocycles. The fourth-order valence-corrected chi connectivity index (χ4v) is 2.89. The maximum Gasteiger partial charge on any atom is 0.191 e. The molecular weight excluding hydrogens is 491 g/mol. The van der Waals surface area contributed by atoms with Crippen molar-refractivity contribution in [2.75, 3.05) is 13.6 Å². The Morgan fingerprint density at radius 3 is 2.50 bits per heavy atom. The molecule has 0 saturated heterocycles. The van der Waals surface area contributed by atoms with Crippen LogP contribution in [0.1, 0.15) is 23.9 Å². The molecule has 0 aliphatic carbocycles. The third-order valence-corrected chi connectivity index (χ3v) is 4.51. The maximum absolute atomic E-state index is 5.83. The molecule has 30 heavy (non-hydrogen) atoms. The minimum Gasteiger partial charge on any atom is -0.489 e. The standard InChI is InChI=1S/C22H28N6O.HI/c1-3-21-27-26-17-28(21)14-13-24-22(23-2)25-15-18-9-11-20(12-10-18)29-16-19-7-5-4-6-8-19;/h4-12,17H,3,13-16H2,1-2H3,(H2,23,24,25);1H. The average Bonchev–Trinajstić information content (AvgIpc) is 3.23. The molecule has 8 heteroatoms. The molecule has 0 saturated carbocycles. The van der Waals surface area contributed by atoms with E-state index in [2.05, 4.69) is 61.6 Å². The Labute approximate surface area is 195 Å². The zero-order valence-electron chi connectivity index (χ0n) is 17.4. The lowest BCUT2D eigenvalue weighted by molar-refractivity contribution is 0.306. The number of hydrogen-bond acceptors (Lipinski definition) is 4. The second kappa shape index (κ2) is 12.8. The number of halogens is 1. The first-order valence-electron chi connectivity index (χ1n) is 9.85. The van der Waals surface area contributed by atoms with Crippen molar-refractivity contribution < 1.29 is 4.74 Å². The molecule has 0 unspecified atom stereocenters. The van der Waals surface area contributed by atoms with Crippen LogP contribution in [0.5, 0.6) is 5.75 Å². The van der Waals surface area contributed by atoms with Gasteiger partial charge in [-0.3, -0.25) is 4.99 Å². The van der Waals surface area contributed by atoms with Gasteiger partial charge in [-0.15, -0.1) is 34.2 Å². The van der Waals surface area contributed by atoms with E-state index in [0.717, 1.165) is 48.2 Å². The van der Waals surface area contributed by atoms with Crippen LogP contribution in [-0.2, 0) is 26.1 Å². The van der Waals surface area contributed by atoms with Crippen molar-refractivity contribution in [2.24, 2.45) is 4.99 Å². The number of rotatable bonds is 9. The summed E-state index contributed by atoms with van der Waals surface area (Å²) < 4.78 is 7.88. The predicted octanol–water partition coefficient (Wildman–Crippen LogP) is 3.40. The largest absolute Gasteiger partial charge is 0.489 e.